The van der Waals surface area contributed by atoms with Crippen LogP contribution in [0.4, 0.5) is 5.69 Å². The minimum atomic E-state index is 0.599. The highest BCUT2D eigenvalue weighted by Gasteiger charge is 2.11. The van der Waals surface area contributed by atoms with Crippen LogP contribution in [0.25, 0.3) is 10.9 Å². The maximum atomic E-state index is 8.90. The van der Waals surface area contributed by atoms with Crippen LogP contribution in [0.15, 0.2) is 30.5 Å². The predicted molar refractivity (Wildman–Crippen MR) is 69.5 cm³/mol. The summed E-state index contributed by atoms with van der Waals surface area (Å²) in [5.41, 5.74) is 2.69. The van der Waals surface area contributed by atoms with Gasteiger partial charge in [0.25, 0.3) is 0 Å². The summed E-state index contributed by atoms with van der Waals surface area (Å²) in [7, 11) is 0. The summed E-state index contributed by atoms with van der Waals surface area (Å²) in [6.07, 6.45) is 1.61. The van der Waals surface area contributed by atoms with Crippen LogP contribution in [0.3, 0.4) is 0 Å². The summed E-state index contributed by atoms with van der Waals surface area (Å²) >= 11 is 0. The van der Waals surface area contributed by atoms with Gasteiger partial charge >= 0.3 is 0 Å². The van der Waals surface area contributed by atoms with Gasteiger partial charge in [-0.1, -0.05) is 0 Å². The average molecular weight is 239 g/mol. The lowest BCUT2D eigenvalue weighted by Gasteiger charge is -2.29. The van der Waals surface area contributed by atoms with Gasteiger partial charge in [-0.15, -0.1) is 0 Å². The topological polar surface area (TPSA) is 49.2 Å². The molecule has 4 heteroatoms. The van der Waals surface area contributed by atoms with Gasteiger partial charge in [0.15, 0.2) is 0 Å². The summed E-state index contributed by atoms with van der Waals surface area (Å²) in [4.78, 5) is 6.57. The van der Waals surface area contributed by atoms with Gasteiger partial charge in [-0.05, 0) is 24.3 Å². The molecular weight excluding hydrogens is 226 g/mol. The van der Waals surface area contributed by atoms with Crippen molar-refractivity contribution in [1.82, 2.24) is 4.98 Å². The van der Waals surface area contributed by atoms with E-state index in [0.717, 1.165) is 37.2 Å². The molecule has 1 aliphatic heterocycles. The van der Waals surface area contributed by atoms with E-state index in [4.69, 9.17) is 10.00 Å². The van der Waals surface area contributed by atoms with Crippen molar-refractivity contribution in [3.63, 3.8) is 0 Å². The van der Waals surface area contributed by atoms with Gasteiger partial charge in [-0.3, -0.25) is 4.98 Å². The fourth-order valence-electron chi connectivity index (χ4n) is 2.20. The zero-order chi connectivity index (χ0) is 12.4. The number of aromatic nitrogens is 1. The summed E-state index contributed by atoms with van der Waals surface area (Å²) in [5, 5.41) is 9.91. The molecule has 0 radical (unpaired) electrons. The molecule has 0 bridgehead atoms. The molecule has 1 aromatic carbocycles. The van der Waals surface area contributed by atoms with Crippen molar-refractivity contribution in [3.05, 3.63) is 36.0 Å². The van der Waals surface area contributed by atoms with Crippen molar-refractivity contribution in [2.24, 2.45) is 0 Å². The van der Waals surface area contributed by atoms with Crippen LogP contribution in [-0.2, 0) is 4.74 Å². The molecule has 1 aromatic heterocycles. The van der Waals surface area contributed by atoms with Gasteiger partial charge in [-0.25, -0.2) is 0 Å². The maximum absolute atomic E-state index is 8.90. The Morgan fingerprint density at radius 1 is 1.22 bits per heavy atom. The van der Waals surface area contributed by atoms with E-state index in [0.29, 0.717) is 5.56 Å². The second kappa shape index (κ2) is 4.63. The summed E-state index contributed by atoms with van der Waals surface area (Å²) in [5.74, 6) is 0. The summed E-state index contributed by atoms with van der Waals surface area (Å²) in [6.45, 7) is 3.37. The van der Waals surface area contributed by atoms with Crippen LogP contribution in [0.5, 0.6) is 0 Å². The van der Waals surface area contributed by atoms with Crippen molar-refractivity contribution in [2.75, 3.05) is 31.2 Å². The molecule has 0 spiro atoms. The van der Waals surface area contributed by atoms with Gasteiger partial charge in [0, 0.05) is 30.4 Å². The molecule has 0 amide bonds. The third-order valence-electron chi connectivity index (χ3n) is 3.17. The van der Waals surface area contributed by atoms with Crippen LogP contribution in [0.1, 0.15) is 5.56 Å². The highest BCUT2D eigenvalue weighted by atomic mass is 16.5. The molecule has 18 heavy (non-hydrogen) atoms. The Kier molecular flexibility index (Phi) is 2.83. The van der Waals surface area contributed by atoms with Gasteiger partial charge in [-0.2, -0.15) is 5.26 Å². The number of anilines is 1. The lowest BCUT2D eigenvalue weighted by molar-refractivity contribution is 0.122. The molecule has 2 heterocycles. The second-order valence-corrected chi connectivity index (χ2v) is 4.31. The van der Waals surface area contributed by atoms with E-state index in [1.165, 1.54) is 5.69 Å². The summed E-state index contributed by atoms with van der Waals surface area (Å²) < 4.78 is 5.35. The molecule has 0 unspecified atom stereocenters. The number of nitriles is 1. The van der Waals surface area contributed by atoms with Crippen LogP contribution >= 0.6 is 0 Å². The standard InChI is InChI=1S/C14H13N3O/c15-9-11-7-12-8-13(1-2-14(12)16-10-11)17-3-5-18-6-4-17/h1-2,7-8,10H,3-6H2. The SMILES string of the molecule is N#Cc1cnc2ccc(N3CCOCC3)cc2c1. The van der Waals surface area contributed by atoms with Crippen molar-refractivity contribution in [1.29, 1.82) is 5.26 Å². The van der Waals surface area contributed by atoms with Gasteiger partial charge in [0.1, 0.15) is 6.07 Å². The van der Waals surface area contributed by atoms with Gasteiger partial charge < -0.3 is 9.64 Å². The molecule has 3 rings (SSSR count). The Bertz CT molecular complexity index is 612. The molecule has 0 aliphatic carbocycles. The largest absolute Gasteiger partial charge is 0.378 e. The van der Waals surface area contributed by atoms with Crippen LogP contribution in [-0.4, -0.2) is 31.3 Å². The highest BCUT2D eigenvalue weighted by Crippen LogP contribution is 2.22. The number of rotatable bonds is 1. The van der Waals surface area contributed by atoms with Crippen molar-refractivity contribution in [2.45, 2.75) is 0 Å². The first kappa shape index (κ1) is 11.0. The third kappa shape index (κ3) is 2.01. The molecular formula is C14H13N3O. The average Bonchev–Trinajstić information content (AvgIpc) is 2.47. The lowest BCUT2D eigenvalue weighted by atomic mass is 10.1. The van der Waals surface area contributed by atoms with Crippen molar-refractivity contribution in [3.8, 4) is 6.07 Å². The molecule has 4 nitrogen and oxygen atoms in total. The van der Waals surface area contributed by atoms with Crippen molar-refractivity contribution >= 4 is 16.6 Å². The number of hydrogen-bond acceptors (Lipinski definition) is 4. The third-order valence-corrected chi connectivity index (χ3v) is 3.17. The number of ether oxygens (including phenoxy) is 1. The van der Waals surface area contributed by atoms with Crippen LogP contribution in [0.2, 0.25) is 0 Å². The van der Waals surface area contributed by atoms with E-state index in [2.05, 4.69) is 28.1 Å². The Balaban J connectivity index is 2.01. The number of morpholine rings is 1. The van der Waals surface area contributed by atoms with E-state index in [-0.39, 0.29) is 0 Å². The zero-order valence-corrected chi connectivity index (χ0v) is 9.97. The Hall–Kier alpha value is -2.12. The Labute approximate surface area is 105 Å². The van der Waals surface area contributed by atoms with E-state index in [1.807, 2.05) is 12.1 Å². The van der Waals surface area contributed by atoms with E-state index in [9.17, 15) is 0 Å². The maximum Gasteiger partial charge on any atom is 0.101 e. The number of nitrogens with zero attached hydrogens (tertiary/aromatic N) is 3. The first-order valence-corrected chi connectivity index (χ1v) is 5.99. The van der Waals surface area contributed by atoms with Gasteiger partial charge in [0.05, 0.1) is 24.3 Å². The molecule has 0 saturated carbocycles. The zero-order valence-electron chi connectivity index (χ0n) is 9.97. The minimum Gasteiger partial charge on any atom is -0.378 e. The molecule has 2 aromatic rings. The van der Waals surface area contributed by atoms with E-state index >= 15 is 0 Å². The number of hydrogen-bond donors (Lipinski definition) is 0. The first-order valence-electron chi connectivity index (χ1n) is 5.99. The molecule has 1 aliphatic rings. The fourth-order valence-corrected chi connectivity index (χ4v) is 2.20. The molecule has 0 N–H and O–H groups in total. The van der Waals surface area contributed by atoms with Gasteiger partial charge in [0.2, 0.25) is 0 Å². The molecule has 90 valence electrons. The van der Waals surface area contributed by atoms with Crippen LogP contribution < -0.4 is 4.90 Å². The monoisotopic (exact) mass is 239 g/mol. The van der Waals surface area contributed by atoms with Crippen molar-refractivity contribution < 1.29 is 4.74 Å². The Morgan fingerprint density at radius 2 is 2.06 bits per heavy atom. The highest BCUT2D eigenvalue weighted by molar-refractivity contribution is 5.83. The molecule has 1 saturated heterocycles. The number of pyridine rings is 1. The first-order chi connectivity index (χ1) is 8.86. The second-order valence-electron chi connectivity index (χ2n) is 4.31. The fraction of sp³-hybridized carbons (Fsp3) is 0.286. The van der Waals surface area contributed by atoms with Crippen LogP contribution in [0, 0.1) is 11.3 Å². The minimum absolute atomic E-state index is 0.599. The lowest BCUT2D eigenvalue weighted by Crippen LogP contribution is -2.36. The smallest absolute Gasteiger partial charge is 0.101 e. The van der Waals surface area contributed by atoms with E-state index < -0.39 is 0 Å². The predicted octanol–water partition coefficient (Wildman–Crippen LogP) is 1.94. The normalized spacial score (nSPS) is 15.6. The summed E-state index contributed by atoms with van der Waals surface area (Å²) in [6, 6.07) is 10.2. The molecule has 1 fully saturated rings. The molecule has 0 atom stereocenters. The number of fused-ring (bicyclic) bond motifs is 1. The quantitative estimate of drug-likeness (QED) is 0.763. The Morgan fingerprint density at radius 3 is 2.83 bits per heavy atom. The van der Waals surface area contributed by atoms with E-state index in [1.54, 1.807) is 6.20 Å². The number of benzene rings is 1.